The molecule has 0 bridgehead atoms. The highest BCUT2D eigenvalue weighted by Gasteiger charge is 2.18. The van der Waals surface area contributed by atoms with Gasteiger partial charge in [0.15, 0.2) is 22.5 Å². The van der Waals surface area contributed by atoms with Crippen LogP contribution >= 0.6 is 11.8 Å². The van der Waals surface area contributed by atoms with E-state index < -0.39 is 11.9 Å². The lowest BCUT2D eigenvalue weighted by molar-refractivity contribution is -0.255. The number of aromatic carboxylic acids is 1. The number of rotatable bonds is 10. The van der Waals surface area contributed by atoms with Crippen molar-refractivity contribution in [2.24, 2.45) is 5.10 Å². The van der Waals surface area contributed by atoms with Gasteiger partial charge in [0.2, 0.25) is 0 Å². The van der Waals surface area contributed by atoms with E-state index in [1.54, 1.807) is 0 Å². The van der Waals surface area contributed by atoms with Crippen molar-refractivity contribution in [1.29, 1.82) is 0 Å². The summed E-state index contributed by atoms with van der Waals surface area (Å²) in [5, 5.41) is 24.7. The van der Waals surface area contributed by atoms with Crippen molar-refractivity contribution in [2.45, 2.75) is 5.16 Å². The molecule has 1 amide bonds. The number of amides is 1. The zero-order valence-electron chi connectivity index (χ0n) is 20.0. The summed E-state index contributed by atoms with van der Waals surface area (Å²) in [4.78, 5) is 24.2. The number of methoxy groups -OCH3 is 2. The maximum atomic E-state index is 12.5. The summed E-state index contributed by atoms with van der Waals surface area (Å²) in [5.74, 6) is -0.999. The summed E-state index contributed by atoms with van der Waals surface area (Å²) in [6.07, 6.45) is 1.20. The quantitative estimate of drug-likeness (QED) is 0.193. The lowest BCUT2D eigenvalue weighted by atomic mass is 10.1. The van der Waals surface area contributed by atoms with Crippen molar-refractivity contribution in [1.82, 2.24) is 20.2 Å². The van der Waals surface area contributed by atoms with E-state index in [-0.39, 0.29) is 28.4 Å². The van der Waals surface area contributed by atoms with Crippen LogP contribution in [0, 0.1) is 0 Å². The Morgan fingerprint density at radius 3 is 2.35 bits per heavy atom. The second-order valence-electron chi connectivity index (χ2n) is 7.48. The molecule has 0 unspecified atom stereocenters. The first-order valence-corrected chi connectivity index (χ1v) is 12.0. The molecule has 4 aromatic rings. The Balaban J connectivity index is 1.49. The largest absolute Gasteiger partial charge is 0.545 e. The molecule has 10 nitrogen and oxygen atoms in total. The van der Waals surface area contributed by atoms with Gasteiger partial charge in [-0.1, -0.05) is 60.3 Å². The second kappa shape index (κ2) is 11.9. The fraction of sp³-hybridized carbons (Fsp3) is 0.115. The molecule has 188 valence electrons. The third-order valence-corrected chi connectivity index (χ3v) is 6.12. The highest BCUT2D eigenvalue weighted by molar-refractivity contribution is 7.99. The number of carbonyl (C=O) groups is 2. The lowest BCUT2D eigenvalue weighted by Gasteiger charge is -2.15. The number of carboxylic acids is 1. The van der Waals surface area contributed by atoms with Crippen LogP contribution in [0.2, 0.25) is 0 Å². The van der Waals surface area contributed by atoms with Crippen LogP contribution in [0.1, 0.15) is 15.9 Å². The molecule has 1 heterocycles. The monoisotopic (exact) mass is 516 g/mol. The number of hydrogen-bond donors (Lipinski definition) is 1. The molecule has 1 aromatic heterocycles. The minimum Gasteiger partial charge on any atom is -0.545 e. The third-order valence-electron chi connectivity index (χ3n) is 5.19. The first-order chi connectivity index (χ1) is 18.0. The van der Waals surface area contributed by atoms with E-state index in [0.29, 0.717) is 11.0 Å². The number of carbonyl (C=O) groups excluding carboxylic acids is 2. The number of benzene rings is 3. The Morgan fingerprint density at radius 2 is 1.70 bits per heavy atom. The van der Waals surface area contributed by atoms with E-state index >= 15 is 0 Å². The van der Waals surface area contributed by atoms with Crippen molar-refractivity contribution in [2.75, 3.05) is 20.0 Å². The standard InChI is InChI=1S/C26H23N5O5S/c1-35-20-14-13-18(22(25(33)34)23(20)36-2)15-27-28-21(32)16-37-26-30-29-24(17-9-5-3-6-10-17)31(26)19-11-7-4-8-12-19/h3-15H,16H2,1-2H3,(H,28,32)(H,33,34)/p-1. The minimum absolute atomic E-state index is 0.00259. The Morgan fingerprint density at radius 1 is 1.00 bits per heavy atom. The van der Waals surface area contributed by atoms with E-state index in [4.69, 9.17) is 9.47 Å². The molecule has 0 saturated heterocycles. The van der Waals surface area contributed by atoms with Gasteiger partial charge in [-0.05, 0) is 24.3 Å². The lowest BCUT2D eigenvalue weighted by Crippen LogP contribution is -2.25. The predicted octanol–water partition coefficient (Wildman–Crippen LogP) is 2.56. The van der Waals surface area contributed by atoms with E-state index in [2.05, 4.69) is 20.7 Å². The third kappa shape index (κ3) is 5.78. The Labute approximate surface area is 217 Å². The van der Waals surface area contributed by atoms with Crippen LogP contribution in [0.4, 0.5) is 0 Å². The summed E-state index contributed by atoms with van der Waals surface area (Å²) in [6.45, 7) is 0. The average molecular weight is 517 g/mol. The molecule has 0 radical (unpaired) electrons. The number of hydrazone groups is 1. The average Bonchev–Trinajstić information content (AvgIpc) is 3.36. The van der Waals surface area contributed by atoms with E-state index in [1.807, 2.05) is 65.2 Å². The fourth-order valence-corrected chi connectivity index (χ4v) is 4.29. The van der Waals surface area contributed by atoms with Gasteiger partial charge >= 0.3 is 0 Å². The van der Waals surface area contributed by atoms with Gasteiger partial charge in [0, 0.05) is 16.8 Å². The van der Waals surface area contributed by atoms with Gasteiger partial charge in [0.05, 0.1) is 37.7 Å². The topological polar surface area (TPSA) is 131 Å². The molecule has 3 aromatic carbocycles. The highest BCUT2D eigenvalue weighted by atomic mass is 32.2. The van der Waals surface area contributed by atoms with Gasteiger partial charge in [0.1, 0.15) is 0 Å². The molecular formula is C26H22N5O5S-. The molecule has 0 aliphatic carbocycles. The van der Waals surface area contributed by atoms with E-state index in [1.165, 1.54) is 44.3 Å². The fourth-order valence-electron chi connectivity index (χ4n) is 3.54. The van der Waals surface area contributed by atoms with Crippen molar-refractivity contribution >= 4 is 29.9 Å². The highest BCUT2D eigenvalue weighted by Crippen LogP contribution is 2.32. The molecule has 0 saturated carbocycles. The smallest absolute Gasteiger partial charge is 0.250 e. The van der Waals surface area contributed by atoms with Crippen molar-refractivity contribution in [3.63, 3.8) is 0 Å². The number of para-hydroxylation sites is 1. The molecule has 0 atom stereocenters. The van der Waals surface area contributed by atoms with Crippen molar-refractivity contribution in [3.8, 4) is 28.6 Å². The first kappa shape index (κ1) is 25.5. The Kier molecular flexibility index (Phi) is 8.16. The van der Waals surface area contributed by atoms with Gasteiger partial charge in [0.25, 0.3) is 5.91 Å². The molecule has 0 aliphatic heterocycles. The van der Waals surface area contributed by atoms with Crippen LogP contribution < -0.4 is 20.0 Å². The minimum atomic E-state index is -1.46. The van der Waals surface area contributed by atoms with Gasteiger partial charge in [-0.3, -0.25) is 9.36 Å². The van der Waals surface area contributed by atoms with Crippen LogP contribution in [0.5, 0.6) is 11.5 Å². The number of hydrogen-bond acceptors (Lipinski definition) is 9. The molecule has 0 aliphatic rings. The number of aromatic nitrogens is 3. The molecule has 0 fully saturated rings. The number of nitrogens with one attached hydrogen (secondary N) is 1. The normalized spacial score (nSPS) is 10.9. The summed E-state index contributed by atoms with van der Waals surface area (Å²) in [6, 6.07) is 22.3. The number of thioether (sulfide) groups is 1. The summed E-state index contributed by atoms with van der Waals surface area (Å²) in [7, 11) is 2.71. The van der Waals surface area contributed by atoms with E-state index in [9.17, 15) is 14.7 Å². The number of nitrogens with zero attached hydrogens (tertiary/aromatic N) is 4. The Bertz CT molecular complexity index is 1420. The Hall–Kier alpha value is -4.64. The predicted molar refractivity (Wildman–Crippen MR) is 137 cm³/mol. The van der Waals surface area contributed by atoms with Crippen LogP contribution in [-0.4, -0.2) is 52.8 Å². The maximum Gasteiger partial charge on any atom is 0.250 e. The summed E-state index contributed by atoms with van der Waals surface area (Å²) in [5.41, 5.74) is 4.09. The molecule has 1 N–H and O–H groups in total. The van der Waals surface area contributed by atoms with Crippen molar-refractivity contribution in [3.05, 3.63) is 83.9 Å². The molecule has 0 spiro atoms. The van der Waals surface area contributed by atoms with Crippen LogP contribution in [-0.2, 0) is 4.79 Å². The zero-order valence-corrected chi connectivity index (χ0v) is 20.8. The molecule has 11 heteroatoms. The number of ether oxygens (including phenoxy) is 2. The SMILES string of the molecule is COc1ccc(C=NNC(=O)CSc2nnc(-c3ccccc3)n2-c2ccccc2)c(C(=O)[O-])c1OC. The molecular weight excluding hydrogens is 494 g/mol. The zero-order chi connectivity index (χ0) is 26.2. The summed E-state index contributed by atoms with van der Waals surface area (Å²) >= 11 is 1.19. The van der Waals surface area contributed by atoms with Crippen LogP contribution in [0.25, 0.3) is 17.1 Å². The van der Waals surface area contributed by atoms with Gasteiger partial charge < -0.3 is 19.4 Å². The maximum absolute atomic E-state index is 12.5. The van der Waals surface area contributed by atoms with Gasteiger partial charge in [-0.15, -0.1) is 10.2 Å². The molecule has 37 heavy (non-hydrogen) atoms. The van der Waals surface area contributed by atoms with E-state index in [0.717, 1.165) is 11.3 Å². The summed E-state index contributed by atoms with van der Waals surface area (Å²) < 4.78 is 12.2. The first-order valence-electron chi connectivity index (χ1n) is 11.0. The van der Waals surface area contributed by atoms with Crippen molar-refractivity contribution < 1.29 is 24.2 Å². The van der Waals surface area contributed by atoms with Crippen LogP contribution in [0.15, 0.2) is 83.1 Å². The molecule has 4 rings (SSSR count). The van der Waals surface area contributed by atoms with Crippen LogP contribution in [0.3, 0.4) is 0 Å². The van der Waals surface area contributed by atoms with Gasteiger partial charge in [-0.25, -0.2) is 5.43 Å². The number of carboxylic acid groups (broad SMARTS) is 1. The van der Waals surface area contributed by atoms with Gasteiger partial charge in [-0.2, -0.15) is 5.10 Å². The second-order valence-corrected chi connectivity index (χ2v) is 8.42.